The van der Waals surface area contributed by atoms with Crippen molar-refractivity contribution in [2.75, 3.05) is 18.0 Å². The van der Waals surface area contributed by atoms with Gasteiger partial charge in [-0.1, -0.05) is 17.7 Å². The van der Waals surface area contributed by atoms with Crippen molar-refractivity contribution in [3.05, 3.63) is 57.5 Å². The number of hydrogen-bond acceptors (Lipinski definition) is 4. The van der Waals surface area contributed by atoms with Gasteiger partial charge in [0.15, 0.2) is 0 Å². The Bertz CT molecular complexity index is 924. The number of amides is 1. The minimum absolute atomic E-state index is 0.00369. The SMILES string of the molecule is Cc1ccc(C)c(C(=O)NC2CCN(c3cnn(CC4CC4)c(=O)c3)CC2)c1. The summed E-state index contributed by atoms with van der Waals surface area (Å²) in [5.74, 6) is 0.636. The van der Waals surface area contributed by atoms with Crippen LogP contribution >= 0.6 is 0 Å². The summed E-state index contributed by atoms with van der Waals surface area (Å²) in [5, 5.41) is 7.53. The van der Waals surface area contributed by atoms with Crippen LogP contribution in [0.15, 0.2) is 35.3 Å². The van der Waals surface area contributed by atoms with Crippen molar-refractivity contribution in [3.8, 4) is 0 Å². The molecule has 6 heteroatoms. The number of aryl methyl sites for hydroxylation is 2. The zero-order valence-electron chi connectivity index (χ0n) is 16.6. The topological polar surface area (TPSA) is 67.2 Å². The Morgan fingerprint density at radius 2 is 1.89 bits per heavy atom. The lowest BCUT2D eigenvalue weighted by Gasteiger charge is -2.33. The van der Waals surface area contributed by atoms with Crippen LogP contribution in [0.25, 0.3) is 0 Å². The summed E-state index contributed by atoms with van der Waals surface area (Å²) in [4.78, 5) is 27.1. The van der Waals surface area contributed by atoms with Gasteiger partial charge in [-0.2, -0.15) is 5.10 Å². The van der Waals surface area contributed by atoms with Crippen LogP contribution in [0.1, 0.15) is 47.2 Å². The van der Waals surface area contributed by atoms with Crippen LogP contribution in [-0.4, -0.2) is 34.8 Å². The van der Waals surface area contributed by atoms with Crippen molar-refractivity contribution in [3.63, 3.8) is 0 Å². The first kappa shape index (κ1) is 18.7. The predicted molar refractivity (Wildman–Crippen MR) is 110 cm³/mol. The van der Waals surface area contributed by atoms with Gasteiger partial charge < -0.3 is 10.2 Å². The fraction of sp³-hybridized carbons (Fsp3) is 0.500. The van der Waals surface area contributed by atoms with Crippen LogP contribution < -0.4 is 15.8 Å². The largest absolute Gasteiger partial charge is 0.370 e. The normalized spacial score (nSPS) is 17.6. The van der Waals surface area contributed by atoms with E-state index < -0.39 is 0 Å². The minimum atomic E-state index is -0.0188. The smallest absolute Gasteiger partial charge is 0.268 e. The zero-order chi connectivity index (χ0) is 19.7. The molecular weight excluding hydrogens is 352 g/mol. The highest BCUT2D eigenvalue weighted by Crippen LogP contribution is 2.29. The molecule has 2 heterocycles. The first-order chi connectivity index (χ1) is 13.5. The fourth-order valence-electron chi connectivity index (χ4n) is 3.80. The molecule has 1 amide bonds. The molecule has 0 spiro atoms. The van der Waals surface area contributed by atoms with E-state index in [0.717, 1.165) is 54.9 Å². The molecule has 2 aromatic rings. The number of rotatable bonds is 5. The molecule has 4 rings (SSSR count). The van der Waals surface area contributed by atoms with Crippen LogP contribution in [-0.2, 0) is 6.54 Å². The van der Waals surface area contributed by atoms with E-state index in [1.165, 1.54) is 12.8 Å². The minimum Gasteiger partial charge on any atom is -0.370 e. The van der Waals surface area contributed by atoms with Gasteiger partial charge in [-0.05, 0) is 57.1 Å². The molecule has 1 aliphatic carbocycles. The molecule has 0 bridgehead atoms. The molecule has 1 saturated carbocycles. The van der Waals surface area contributed by atoms with Gasteiger partial charge in [0.25, 0.3) is 11.5 Å². The van der Waals surface area contributed by atoms with E-state index in [9.17, 15) is 9.59 Å². The molecule has 2 aliphatic rings. The van der Waals surface area contributed by atoms with Crippen molar-refractivity contribution in [1.82, 2.24) is 15.1 Å². The lowest BCUT2D eigenvalue weighted by atomic mass is 10.0. The van der Waals surface area contributed by atoms with Crippen molar-refractivity contribution < 1.29 is 4.79 Å². The fourth-order valence-corrected chi connectivity index (χ4v) is 3.80. The third kappa shape index (κ3) is 4.26. The van der Waals surface area contributed by atoms with E-state index in [2.05, 4.69) is 15.3 Å². The summed E-state index contributed by atoms with van der Waals surface area (Å²) in [7, 11) is 0. The van der Waals surface area contributed by atoms with E-state index in [0.29, 0.717) is 5.92 Å². The first-order valence-corrected chi connectivity index (χ1v) is 10.2. The maximum absolute atomic E-state index is 12.6. The molecule has 1 aromatic heterocycles. The number of carbonyl (C=O) groups excluding carboxylic acids is 1. The van der Waals surface area contributed by atoms with E-state index >= 15 is 0 Å². The number of carbonyl (C=O) groups is 1. The number of anilines is 1. The standard InChI is InChI=1S/C22H28N4O2/c1-15-3-4-16(2)20(11-15)22(28)24-18-7-9-25(10-8-18)19-12-21(27)26(23-13-19)14-17-5-6-17/h3-4,11-13,17-18H,5-10,14H2,1-2H3,(H,24,28). The highest BCUT2D eigenvalue weighted by molar-refractivity contribution is 5.96. The van der Waals surface area contributed by atoms with Crippen molar-refractivity contribution in [1.29, 1.82) is 0 Å². The summed E-state index contributed by atoms with van der Waals surface area (Å²) in [5.41, 5.74) is 3.71. The van der Waals surface area contributed by atoms with Gasteiger partial charge in [0.2, 0.25) is 0 Å². The second-order valence-electron chi connectivity index (χ2n) is 8.23. The van der Waals surface area contributed by atoms with E-state index in [-0.39, 0.29) is 17.5 Å². The second kappa shape index (κ2) is 7.78. The molecule has 1 aliphatic heterocycles. The molecule has 28 heavy (non-hydrogen) atoms. The third-order valence-electron chi connectivity index (χ3n) is 5.82. The molecule has 0 unspecified atom stereocenters. The number of benzene rings is 1. The maximum Gasteiger partial charge on any atom is 0.268 e. The predicted octanol–water partition coefficient (Wildman–Crippen LogP) is 2.67. The molecule has 1 aromatic carbocycles. The molecule has 0 radical (unpaired) electrons. The number of piperidine rings is 1. The van der Waals surface area contributed by atoms with E-state index in [1.807, 2.05) is 32.0 Å². The van der Waals surface area contributed by atoms with Gasteiger partial charge in [-0.15, -0.1) is 0 Å². The zero-order valence-corrected chi connectivity index (χ0v) is 16.6. The highest BCUT2D eigenvalue weighted by atomic mass is 16.1. The number of hydrogen-bond donors (Lipinski definition) is 1. The first-order valence-electron chi connectivity index (χ1n) is 10.2. The lowest BCUT2D eigenvalue weighted by molar-refractivity contribution is 0.0930. The molecule has 148 valence electrons. The average Bonchev–Trinajstić information content (AvgIpc) is 3.50. The van der Waals surface area contributed by atoms with E-state index in [4.69, 9.17) is 0 Å². The monoisotopic (exact) mass is 380 g/mol. The highest BCUT2D eigenvalue weighted by Gasteiger charge is 2.24. The average molecular weight is 380 g/mol. The van der Waals surface area contributed by atoms with Crippen LogP contribution in [0.5, 0.6) is 0 Å². The van der Waals surface area contributed by atoms with Gasteiger partial charge in [-0.3, -0.25) is 9.59 Å². The summed E-state index contributed by atoms with van der Waals surface area (Å²) >= 11 is 0. The van der Waals surface area contributed by atoms with Crippen LogP contribution in [0.2, 0.25) is 0 Å². The summed E-state index contributed by atoms with van der Waals surface area (Å²) in [6, 6.07) is 7.82. The second-order valence-corrected chi connectivity index (χ2v) is 8.23. The summed E-state index contributed by atoms with van der Waals surface area (Å²) < 4.78 is 1.58. The van der Waals surface area contributed by atoms with Crippen molar-refractivity contribution in [2.45, 2.75) is 52.1 Å². The molecule has 1 N–H and O–H groups in total. The Hall–Kier alpha value is -2.63. The summed E-state index contributed by atoms with van der Waals surface area (Å²) in [6.07, 6.45) is 5.94. The Balaban J connectivity index is 1.34. The maximum atomic E-state index is 12.6. The Morgan fingerprint density at radius 1 is 1.14 bits per heavy atom. The molecular formula is C22H28N4O2. The molecule has 0 atom stereocenters. The number of nitrogens with zero attached hydrogens (tertiary/aromatic N) is 3. The van der Waals surface area contributed by atoms with Crippen molar-refractivity contribution in [2.24, 2.45) is 5.92 Å². The summed E-state index contributed by atoms with van der Waals surface area (Å²) in [6.45, 7) is 6.33. The Labute approximate surface area is 165 Å². The van der Waals surface area contributed by atoms with Gasteiger partial charge in [-0.25, -0.2) is 4.68 Å². The number of nitrogens with one attached hydrogen (secondary N) is 1. The van der Waals surface area contributed by atoms with Crippen LogP contribution in [0.4, 0.5) is 5.69 Å². The quantitative estimate of drug-likeness (QED) is 0.866. The van der Waals surface area contributed by atoms with Gasteiger partial charge >= 0.3 is 0 Å². The van der Waals surface area contributed by atoms with Crippen molar-refractivity contribution >= 4 is 11.6 Å². The number of aromatic nitrogens is 2. The molecule has 6 nitrogen and oxygen atoms in total. The molecule has 2 fully saturated rings. The van der Waals surface area contributed by atoms with Gasteiger partial charge in [0.05, 0.1) is 11.9 Å². The van der Waals surface area contributed by atoms with Crippen LogP contribution in [0.3, 0.4) is 0 Å². The third-order valence-corrected chi connectivity index (χ3v) is 5.82. The Kier molecular flexibility index (Phi) is 5.20. The Morgan fingerprint density at radius 3 is 2.57 bits per heavy atom. The van der Waals surface area contributed by atoms with Gasteiger partial charge in [0.1, 0.15) is 0 Å². The van der Waals surface area contributed by atoms with Crippen LogP contribution in [0, 0.1) is 19.8 Å². The molecule has 1 saturated heterocycles. The lowest BCUT2D eigenvalue weighted by Crippen LogP contribution is -2.45. The van der Waals surface area contributed by atoms with Gasteiger partial charge in [0, 0.05) is 37.3 Å². The van der Waals surface area contributed by atoms with E-state index in [1.54, 1.807) is 16.9 Å².